The van der Waals surface area contributed by atoms with E-state index in [-0.39, 0.29) is 11.7 Å². The third kappa shape index (κ3) is 3.67. The number of carbonyl (C=O) groups excluding carboxylic acids is 1. The number of nitrogens with one attached hydrogen (secondary N) is 1. The van der Waals surface area contributed by atoms with Crippen LogP contribution in [0.15, 0.2) is 22.7 Å². The first-order valence-electron chi connectivity index (χ1n) is 6.16. The van der Waals surface area contributed by atoms with Gasteiger partial charge in [0.05, 0.1) is 18.9 Å². The topological polar surface area (TPSA) is 41.6 Å². The quantitative estimate of drug-likeness (QED) is 0.924. The molecule has 2 rings (SSSR count). The molecule has 1 N–H and O–H groups in total. The molecule has 4 nitrogen and oxygen atoms in total. The van der Waals surface area contributed by atoms with E-state index < -0.39 is 6.04 Å². The summed E-state index contributed by atoms with van der Waals surface area (Å²) in [5.74, 6) is -0.337. The third-order valence-corrected chi connectivity index (χ3v) is 3.69. The van der Waals surface area contributed by atoms with Gasteiger partial charge in [-0.25, -0.2) is 4.39 Å². The van der Waals surface area contributed by atoms with Crippen LogP contribution in [0.1, 0.15) is 6.92 Å². The SMILES string of the molecule is CC(Nc1cc(F)ccc1Br)C(=O)N1CCOCC1. The summed E-state index contributed by atoms with van der Waals surface area (Å²) >= 11 is 3.33. The second kappa shape index (κ2) is 6.34. The molecular weight excluding hydrogens is 315 g/mol. The average molecular weight is 331 g/mol. The second-order valence-electron chi connectivity index (χ2n) is 4.43. The van der Waals surface area contributed by atoms with Gasteiger partial charge in [-0.05, 0) is 41.1 Å². The highest BCUT2D eigenvalue weighted by Gasteiger charge is 2.22. The van der Waals surface area contributed by atoms with Crippen molar-refractivity contribution in [3.63, 3.8) is 0 Å². The van der Waals surface area contributed by atoms with Gasteiger partial charge in [-0.1, -0.05) is 0 Å². The number of ether oxygens (including phenoxy) is 1. The fraction of sp³-hybridized carbons (Fsp3) is 0.462. The van der Waals surface area contributed by atoms with E-state index in [9.17, 15) is 9.18 Å². The smallest absolute Gasteiger partial charge is 0.244 e. The molecule has 1 saturated heterocycles. The molecule has 1 amide bonds. The van der Waals surface area contributed by atoms with E-state index in [1.54, 1.807) is 17.9 Å². The Morgan fingerprint density at radius 3 is 2.84 bits per heavy atom. The van der Waals surface area contributed by atoms with Crippen LogP contribution < -0.4 is 5.32 Å². The molecule has 0 bridgehead atoms. The maximum atomic E-state index is 13.2. The summed E-state index contributed by atoms with van der Waals surface area (Å²) < 4.78 is 19.1. The molecule has 19 heavy (non-hydrogen) atoms. The summed E-state index contributed by atoms with van der Waals surface area (Å²) in [5, 5.41) is 3.03. The van der Waals surface area contributed by atoms with Crippen LogP contribution >= 0.6 is 15.9 Å². The molecule has 0 aromatic heterocycles. The molecular formula is C13H16BrFN2O2. The molecule has 1 unspecified atom stereocenters. The molecule has 0 spiro atoms. The second-order valence-corrected chi connectivity index (χ2v) is 5.28. The van der Waals surface area contributed by atoms with Gasteiger partial charge >= 0.3 is 0 Å². The Labute approximate surface area is 120 Å². The average Bonchev–Trinajstić information content (AvgIpc) is 2.43. The van der Waals surface area contributed by atoms with Gasteiger partial charge in [-0.3, -0.25) is 4.79 Å². The van der Waals surface area contributed by atoms with Crippen molar-refractivity contribution in [3.05, 3.63) is 28.5 Å². The first-order chi connectivity index (χ1) is 9.08. The Morgan fingerprint density at radius 2 is 2.16 bits per heavy atom. The van der Waals surface area contributed by atoms with Gasteiger partial charge in [0.2, 0.25) is 5.91 Å². The van der Waals surface area contributed by atoms with Gasteiger partial charge < -0.3 is 15.0 Å². The number of carbonyl (C=O) groups is 1. The molecule has 1 aromatic rings. The molecule has 1 aromatic carbocycles. The minimum absolute atomic E-state index is 0.000499. The molecule has 0 saturated carbocycles. The highest BCUT2D eigenvalue weighted by Crippen LogP contribution is 2.24. The summed E-state index contributed by atoms with van der Waals surface area (Å²) in [6, 6.07) is 3.94. The van der Waals surface area contributed by atoms with Crippen molar-refractivity contribution < 1.29 is 13.9 Å². The number of nitrogens with zero attached hydrogens (tertiary/aromatic N) is 1. The van der Waals surface area contributed by atoms with Crippen LogP contribution in [-0.2, 0) is 9.53 Å². The predicted molar refractivity (Wildman–Crippen MR) is 74.6 cm³/mol. The predicted octanol–water partition coefficient (Wildman–Crippen LogP) is 2.25. The van der Waals surface area contributed by atoms with Crippen LogP contribution in [0.5, 0.6) is 0 Å². The van der Waals surface area contributed by atoms with Crippen molar-refractivity contribution in [2.75, 3.05) is 31.6 Å². The van der Waals surface area contributed by atoms with Crippen LogP contribution in [0.25, 0.3) is 0 Å². The zero-order chi connectivity index (χ0) is 13.8. The molecule has 1 fully saturated rings. The van der Waals surface area contributed by atoms with Gasteiger partial charge in [-0.2, -0.15) is 0 Å². The number of hydrogen-bond donors (Lipinski definition) is 1. The number of halogens is 2. The Balaban J connectivity index is 2.01. The van der Waals surface area contributed by atoms with Crippen LogP contribution in [0.2, 0.25) is 0 Å². The monoisotopic (exact) mass is 330 g/mol. The molecule has 1 heterocycles. The van der Waals surface area contributed by atoms with Crippen molar-refractivity contribution in [1.29, 1.82) is 0 Å². The van der Waals surface area contributed by atoms with E-state index in [1.165, 1.54) is 12.1 Å². The van der Waals surface area contributed by atoms with Crippen LogP contribution in [0.4, 0.5) is 10.1 Å². The summed E-state index contributed by atoms with van der Waals surface area (Å²) in [5.41, 5.74) is 0.578. The van der Waals surface area contributed by atoms with E-state index in [1.807, 2.05) is 0 Å². The fourth-order valence-electron chi connectivity index (χ4n) is 1.96. The maximum Gasteiger partial charge on any atom is 0.244 e. The fourth-order valence-corrected chi connectivity index (χ4v) is 2.32. The molecule has 1 aliphatic rings. The summed E-state index contributed by atoms with van der Waals surface area (Å²) in [6.45, 7) is 4.13. The van der Waals surface area contributed by atoms with Gasteiger partial charge in [0.25, 0.3) is 0 Å². The minimum Gasteiger partial charge on any atom is -0.378 e. The van der Waals surface area contributed by atoms with E-state index in [0.717, 1.165) is 4.47 Å². The highest BCUT2D eigenvalue weighted by atomic mass is 79.9. The van der Waals surface area contributed by atoms with E-state index in [2.05, 4.69) is 21.2 Å². The Hall–Kier alpha value is -1.14. The zero-order valence-electron chi connectivity index (χ0n) is 10.7. The lowest BCUT2D eigenvalue weighted by Gasteiger charge is -2.29. The summed E-state index contributed by atoms with van der Waals surface area (Å²) in [6.07, 6.45) is 0. The van der Waals surface area contributed by atoms with E-state index in [0.29, 0.717) is 32.0 Å². The van der Waals surface area contributed by atoms with Crippen molar-refractivity contribution in [1.82, 2.24) is 4.90 Å². The van der Waals surface area contributed by atoms with Crippen molar-refractivity contribution in [3.8, 4) is 0 Å². The van der Waals surface area contributed by atoms with E-state index >= 15 is 0 Å². The van der Waals surface area contributed by atoms with Gasteiger partial charge in [-0.15, -0.1) is 0 Å². The molecule has 104 valence electrons. The third-order valence-electron chi connectivity index (χ3n) is 2.99. The van der Waals surface area contributed by atoms with E-state index in [4.69, 9.17) is 4.74 Å². The number of morpholine rings is 1. The lowest BCUT2D eigenvalue weighted by molar-refractivity contribution is -0.135. The van der Waals surface area contributed by atoms with Crippen molar-refractivity contribution >= 4 is 27.5 Å². The van der Waals surface area contributed by atoms with Crippen LogP contribution in [0, 0.1) is 5.82 Å². The number of anilines is 1. The largest absolute Gasteiger partial charge is 0.378 e. The Kier molecular flexibility index (Phi) is 4.76. The maximum absolute atomic E-state index is 13.2. The molecule has 1 aliphatic heterocycles. The van der Waals surface area contributed by atoms with Gasteiger partial charge in [0.15, 0.2) is 0 Å². The molecule has 1 atom stereocenters. The number of benzene rings is 1. The Morgan fingerprint density at radius 1 is 1.47 bits per heavy atom. The summed E-state index contributed by atoms with van der Waals surface area (Å²) in [7, 11) is 0. The number of hydrogen-bond acceptors (Lipinski definition) is 3. The zero-order valence-corrected chi connectivity index (χ0v) is 12.2. The first kappa shape index (κ1) is 14.3. The highest BCUT2D eigenvalue weighted by molar-refractivity contribution is 9.10. The van der Waals surface area contributed by atoms with Gasteiger partial charge in [0, 0.05) is 17.6 Å². The lowest BCUT2D eigenvalue weighted by Crippen LogP contribution is -2.47. The lowest BCUT2D eigenvalue weighted by atomic mass is 10.2. The van der Waals surface area contributed by atoms with Crippen molar-refractivity contribution in [2.45, 2.75) is 13.0 Å². The first-order valence-corrected chi connectivity index (χ1v) is 6.95. The number of amides is 1. The van der Waals surface area contributed by atoms with Crippen molar-refractivity contribution in [2.24, 2.45) is 0 Å². The normalized spacial score (nSPS) is 17.1. The van der Waals surface area contributed by atoms with Gasteiger partial charge in [0.1, 0.15) is 11.9 Å². The minimum atomic E-state index is -0.406. The molecule has 6 heteroatoms. The molecule has 0 radical (unpaired) electrons. The van der Waals surface area contributed by atoms with Crippen LogP contribution in [-0.4, -0.2) is 43.2 Å². The standard InChI is InChI=1S/C13H16BrFN2O2/c1-9(13(18)17-4-6-19-7-5-17)16-12-8-10(15)2-3-11(12)14/h2-3,8-9,16H,4-7H2,1H3. The Bertz CT molecular complexity index is 464. The number of rotatable bonds is 3. The molecule has 0 aliphatic carbocycles. The van der Waals surface area contributed by atoms with Crippen LogP contribution in [0.3, 0.4) is 0 Å². The summed E-state index contributed by atoms with van der Waals surface area (Å²) in [4.78, 5) is 14.0.